The topological polar surface area (TPSA) is 51.2 Å². The lowest BCUT2D eigenvalue weighted by Crippen LogP contribution is -2.20. The second-order valence-corrected chi connectivity index (χ2v) is 8.87. The number of ether oxygens (including phenoxy) is 1. The molecule has 4 aromatic rings. The first kappa shape index (κ1) is 21.8. The zero-order chi connectivity index (χ0) is 22.5. The van der Waals surface area contributed by atoms with Crippen LogP contribution in [-0.4, -0.2) is 17.5 Å². The summed E-state index contributed by atoms with van der Waals surface area (Å²) in [5.41, 5.74) is 5.99. The van der Waals surface area contributed by atoms with Crippen LogP contribution >= 0.6 is 11.3 Å². The minimum Gasteiger partial charge on any atom is -0.483 e. The van der Waals surface area contributed by atoms with Crippen molar-refractivity contribution < 1.29 is 9.53 Å². The number of rotatable bonds is 7. The smallest absolute Gasteiger partial charge is 0.262 e. The number of hydrogen-bond acceptors (Lipinski definition) is 4. The number of aryl methyl sites for hydroxylation is 1. The molecule has 0 saturated carbocycles. The van der Waals surface area contributed by atoms with Crippen LogP contribution in [0.15, 0.2) is 78.2 Å². The molecular formula is C27H26N2O2S. The van der Waals surface area contributed by atoms with Gasteiger partial charge >= 0.3 is 0 Å². The molecule has 0 aliphatic carbocycles. The Balaban J connectivity index is 1.38. The van der Waals surface area contributed by atoms with Crippen LogP contribution < -0.4 is 10.1 Å². The number of nitrogens with one attached hydrogen (secondary N) is 1. The van der Waals surface area contributed by atoms with Crippen LogP contribution in [0.3, 0.4) is 0 Å². The molecule has 1 aromatic heterocycles. The molecule has 0 unspecified atom stereocenters. The van der Waals surface area contributed by atoms with Gasteiger partial charge in [0.05, 0.1) is 5.69 Å². The largest absolute Gasteiger partial charge is 0.483 e. The normalized spacial score (nSPS) is 10.9. The number of benzene rings is 3. The van der Waals surface area contributed by atoms with Crippen molar-refractivity contribution in [1.29, 1.82) is 0 Å². The molecule has 0 saturated heterocycles. The van der Waals surface area contributed by atoms with Crippen molar-refractivity contribution in [3.63, 3.8) is 0 Å². The molecule has 0 aliphatic heterocycles. The average Bonchev–Trinajstić information content (AvgIpc) is 3.29. The highest BCUT2D eigenvalue weighted by Crippen LogP contribution is 2.30. The first-order valence-electron chi connectivity index (χ1n) is 10.6. The summed E-state index contributed by atoms with van der Waals surface area (Å²) in [7, 11) is 0. The fourth-order valence-electron chi connectivity index (χ4n) is 3.43. The number of thiazole rings is 1. The van der Waals surface area contributed by atoms with E-state index in [9.17, 15) is 4.79 Å². The van der Waals surface area contributed by atoms with Gasteiger partial charge in [-0.2, -0.15) is 0 Å². The molecule has 32 heavy (non-hydrogen) atoms. The van der Waals surface area contributed by atoms with Crippen molar-refractivity contribution in [2.75, 3.05) is 11.9 Å². The number of anilines is 1. The molecule has 1 heterocycles. The van der Waals surface area contributed by atoms with Gasteiger partial charge in [-0.25, -0.2) is 4.98 Å². The summed E-state index contributed by atoms with van der Waals surface area (Å²) >= 11 is 1.62. The minimum absolute atomic E-state index is 0.0303. The molecule has 0 bridgehead atoms. The number of aromatic nitrogens is 1. The predicted molar refractivity (Wildman–Crippen MR) is 132 cm³/mol. The van der Waals surface area contributed by atoms with E-state index in [0.717, 1.165) is 44.4 Å². The van der Waals surface area contributed by atoms with E-state index < -0.39 is 0 Å². The lowest BCUT2D eigenvalue weighted by molar-refractivity contribution is -0.118. The lowest BCUT2D eigenvalue weighted by Gasteiger charge is -2.15. The van der Waals surface area contributed by atoms with Crippen LogP contribution in [0.2, 0.25) is 0 Å². The van der Waals surface area contributed by atoms with Gasteiger partial charge in [0.1, 0.15) is 10.8 Å². The van der Waals surface area contributed by atoms with E-state index in [-0.39, 0.29) is 12.5 Å². The fraction of sp³-hybridized carbons (Fsp3) is 0.185. The van der Waals surface area contributed by atoms with Crippen LogP contribution in [0.5, 0.6) is 5.75 Å². The molecular weight excluding hydrogens is 416 g/mol. The standard InChI is InChI=1S/C27H26N2O2S/c1-18(2)23-14-9-19(3)15-25(23)31-16-26(30)28-22-12-10-20(11-13-22)24-17-32-27(29-24)21-7-5-4-6-8-21/h4-15,17-18H,16H2,1-3H3,(H,28,30). The Labute approximate surface area is 192 Å². The summed E-state index contributed by atoms with van der Waals surface area (Å²) in [5, 5.41) is 5.95. The van der Waals surface area contributed by atoms with Gasteiger partial charge in [-0.3, -0.25) is 4.79 Å². The van der Waals surface area contributed by atoms with Gasteiger partial charge in [0.25, 0.3) is 5.91 Å². The number of amides is 1. The maximum Gasteiger partial charge on any atom is 0.262 e. The molecule has 4 nitrogen and oxygen atoms in total. The molecule has 0 atom stereocenters. The second kappa shape index (κ2) is 9.79. The second-order valence-electron chi connectivity index (χ2n) is 8.01. The number of hydrogen-bond donors (Lipinski definition) is 1. The Morgan fingerprint density at radius 3 is 2.47 bits per heavy atom. The summed E-state index contributed by atoms with van der Waals surface area (Å²) in [4.78, 5) is 17.2. The van der Waals surface area contributed by atoms with E-state index >= 15 is 0 Å². The van der Waals surface area contributed by atoms with Gasteiger partial charge in [0, 0.05) is 22.2 Å². The summed E-state index contributed by atoms with van der Waals surface area (Å²) in [6.45, 7) is 6.22. The monoisotopic (exact) mass is 442 g/mol. The Hall–Kier alpha value is -3.44. The molecule has 0 radical (unpaired) electrons. The Morgan fingerprint density at radius 2 is 1.75 bits per heavy atom. The summed E-state index contributed by atoms with van der Waals surface area (Å²) < 4.78 is 5.83. The quantitative estimate of drug-likeness (QED) is 0.338. The fourth-order valence-corrected chi connectivity index (χ4v) is 4.26. The molecule has 0 fully saturated rings. The van der Waals surface area contributed by atoms with E-state index in [1.54, 1.807) is 11.3 Å². The van der Waals surface area contributed by atoms with Crippen LogP contribution in [0.4, 0.5) is 5.69 Å². The van der Waals surface area contributed by atoms with Gasteiger partial charge in [0.2, 0.25) is 0 Å². The molecule has 3 aromatic carbocycles. The van der Waals surface area contributed by atoms with Gasteiger partial charge < -0.3 is 10.1 Å². The van der Waals surface area contributed by atoms with E-state index in [0.29, 0.717) is 5.92 Å². The maximum atomic E-state index is 12.4. The molecule has 1 amide bonds. The highest BCUT2D eigenvalue weighted by molar-refractivity contribution is 7.13. The average molecular weight is 443 g/mol. The summed E-state index contributed by atoms with van der Waals surface area (Å²) in [6.07, 6.45) is 0. The molecule has 0 aliphatic rings. The third-order valence-corrected chi connectivity index (χ3v) is 6.03. The van der Waals surface area contributed by atoms with E-state index in [2.05, 4.69) is 48.8 Å². The number of carbonyl (C=O) groups is 1. The zero-order valence-corrected chi connectivity index (χ0v) is 19.3. The Bertz CT molecular complexity index is 1200. The number of nitrogens with zero attached hydrogens (tertiary/aromatic N) is 1. The van der Waals surface area contributed by atoms with Crippen molar-refractivity contribution >= 4 is 22.9 Å². The van der Waals surface area contributed by atoms with Crippen LogP contribution in [0.25, 0.3) is 21.8 Å². The highest BCUT2D eigenvalue weighted by Gasteiger charge is 2.11. The lowest BCUT2D eigenvalue weighted by atomic mass is 10.0. The maximum absolute atomic E-state index is 12.4. The SMILES string of the molecule is Cc1ccc(C(C)C)c(OCC(=O)Nc2ccc(-c3csc(-c4ccccc4)n3)cc2)c1. The van der Waals surface area contributed by atoms with Crippen molar-refractivity contribution in [2.24, 2.45) is 0 Å². The first-order valence-corrected chi connectivity index (χ1v) is 11.5. The van der Waals surface area contributed by atoms with Gasteiger partial charge in [-0.1, -0.05) is 68.4 Å². The third kappa shape index (κ3) is 5.24. The van der Waals surface area contributed by atoms with Crippen molar-refractivity contribution in [3.8, 4) is 27.6 Å². The van der Waals surface area contributed by atoms with Crippen molar-refractivity contribution in [3.05, 3.63) is 89.3 Å². The van der Waals surface area contributed by atoms with Gasteiger partial charge in [-0.15, -0.1) is 11.3 Å². The number of carbonyl (C=O) groups excluding carboxylic acids is 1. The zero-order valence-electron chi connectivity index (χ0n) is 18.5. The molecule has 0 spiro atoms. The summed E-state index contributed by atoms with van der Waals surface area (Å²) in [5.74, 6) is 0.909. The Morgan fingerprint density at radius 1 is 1.00 bits per heavy atom. The third-order valence-electron chi connectivity index (χ3n) is 5.14. The van der Waals surface area contributed by atoms with Crippen LogP contribution in [-0.2, 0) is 4.79 Å². The first-order chi connectivity index (χ1) is 15.5. The minimum atomic E-state index is -0.186. The van der Waals surface area contributed by atoms with Crippen LogP contribution in [0, 0.1) is 6.92 Å². The predicted octanol–water partition coefficient (Wildman–Crippen LogP) is 6.93. The molecule has 1 N–H and O–H groups in total. The highest BCUT2D eigenvalue weighted by atomic mass is 32.1. The van der Waals surface area contributed by atoms with E-state index in [4.69, 9.17) is 9.72 Å². The molecule has 4 rings (SSSR count). The Kier molecular flexibility index (Phi) is 6.66. The van der Waals surface area contributed by atoms with Gasteiger partial charge in [0.15, 0.2) is 6.61 Å². The van der Waals surface area contributed by atoms with Crippen LogP contribution in [0.1, 0.15) is 30.9 Å². The van der Waals surface area contributed by atoms with E-state index in [1.807, 2.05) is 55.5 Å². The molecule has 5 heteroatoms. The van der Waals surface area contributed by atoms with Crippen molar-refractivity contribution in [2.45, 2.75) is 26.7 Å². The van der Waals surface area contributed by atoms with Crippen molar-refractivity contribution in [1.82, 2.24) is 4.98 Å². The van der Waals surface area contributed by atoms with E-state index in [1.165, 1.54) is 0 Å². The van der Waals surface area contributed by atoms with Gasteiger partial charge in [-0.05, 0) is 42.2 Å². The molecule has 162 valence electrons. The summed E-state index contributed by atoms with van der Waals surface area (Å²) in [6, 6.07) is 24.0.